The summed E-state index contributed by atoms with van der Waals surface area (Å²) in [4.78, 5) is 31.9. The molecule has 2 aliphatic rings. The maximum Gasteiger partial charge on any atom is 0.244 e. The standard InChI is InChI=1S/C24H29FN10O/c1-16-17(12-35-15-31-20-21(27)29-14-30-22(20)35)19(3-2-18(16)25)34-6-4-24(28,13-34)23(36)33-10-8-32(7-5-26)9-11-33/h2-3,14-15H,4,6-13,28H2,1H3,(H2,27,29,30)/t24-/m1/s1. The number of carbonyl (C=O) groups excluding carboxylic acids is 1. The maximum absolute atomic E-state index is 14.7. The summed E-state index contributed by atoms with van der Waals surface area (Å²) in [6, 6.07) is 5.35. The molecule has 2 aliphatic heterocycles. The molecule has 1 amide bonds. The lowest BCUT2D eigenvalue weighted by molar-refractivity contribution is -0.138. The van der Waals surface area contributed by atoms with Gasteiger partial charge in [0.25, 0.3) is 0 Å². The first kappa shape index (κ1) is 23.9. The number of aromatic nitrogens is 4. The maximum atomic E-state index is 14.7. The van der Waals surface area contributed by atoms with Crippen LogP contribution in [0.1, 0.15) is 17.5 Å². The highest BCUT2D eigenvalue weighted by Gasteiger charge is 2.44. The summed E-state index contributed by atoms with van der Waals surface area (Å²) < 4.78 is 16.5. The van der Waals surface area contributed by atoms with E-state index in [-0.39, 0.29) is 17.5 Å². The molecule has 188 valence electrons. The van der Waals surface area contributed by atoms with Gasteiger partial charge >= 0.3 is 0 Å². The van der Waals surface area contributed by atoms with Crippen molar-refractivity contribution in [1.29, 1.82) is 5.26 Å². The van der Waals surface area contributed by atoms with Crippen molar-refractivity contribution in [3.05, 3.63) is 41.7 Å². The van der Waals surface area contributed by atoms with Gasteiger partial charge in [-0.05, 0) is 31.0 Å². The summed E-state index contributed by atoms with van der Waals surface area (Å²) in [5.74, 6) is -0.0963. The zero-order chi connectivity index (χ0) is 25.4. The number of fused-ring (bicyclic) bond motifs is 1. The number of benzene rings is 1. The van der Waals surface area contributed by atoms with Crippen molar-refractivity contribution in [1.82, 2.24) is 29.3 Å². The minimum Gasteiger partial charge on any atom is -0.382 e. The van der Waals surface area contributed by atoms with Gasteiger partial charge in [-0.25, -0.2) is 19.3 Å². The van der Waals surface area contributed by atoms with Crippen molar-refractivity contribution in [2.24, 2.45) is 5.73 Å². The van der Waals surface area contributed by atoms with Gasteiger partial charge in [-0.15, -0.1) is 0 Å². The fraction of sp³-hybridized carbons (Fsp3) is 0.458. The third-order valence-corrected chi connectivity index (χ3v) is 7.29. The number of imidazole rings is 1. The average Bonchev–Trinajstić information content (AvgIpc) is 3.48. The first-order valence-electron chi connectivity index (χ1n) is 11.9. The van der Waals surface area contributed by atoms with Gasteiger partial charge in [-0.1, -0.05) is 0 Å². The van der Waals surface area contributed by atoms with Crippen LogP contribution in [0, 0.1) is 24.1 Å². The number of nitriles is 1. The third kappa shape index (κ3) is 4.20. The second kappa shape index (κ2) is 9.33. The van der Waals surface area contributed by atoms with Crippen molar-refractivity contribution < 1.29 is 9.18 Å². The van der Waals surface area contributed by atoms with E-state index in [1.807, 2.05) is 9.47 Å². The fourth-order valence-corrected chi connectivity index (χ4v) is 5.13. The molecule has 0 aliphatic carbocycles. The Labute approximate surface area is 208 Å². The van der Waals surface area contributed by atoms with Gasteiger partial charge in [0.2, 0.25) is 5.91 Å². The van der Waals surface area contributed by atoms with E-state index in [9.17, 15) is 9.18 Å². The monoisotopic (exact) mass is 492 g/mol. The molecular weight excluding hydrogens is 463 g/mol. The Morgan fingerprint density at radius 3 is 2.72 bits per heavy atom. The molecule has 1 atom stereocenters. The molecule has 11 nitrogen and oxygen atoms in total. The van der Waals surface area contributed by atoms with Crippen LogP contribution in [0.5, 0.6) is 0 Å². The summed E-state index contributed by atoms with van der Waals surface area (Å²) in [5.41, 5.74) is 14.8. The van der Waals surface area contributed by atoms with Crippen LogP contribution in [0.3, 0.4) is 0 Å². The zero-order valence-electron chi connectivity index (χ0n) is 20.2. The van der Waals surface area contributed by atoms with Crippen LogP contribution < -0.4 is 16.4 Å². The van der Waals surface area contributed by atoms with Crippen LogP contribution in [-0.2, 0) is 11.3 Å². The molecule has 2 saturated heterocycles. The lowest BCUT2D eigenvalue weighted by Crippen LogP contribution is -2.60. The number of hydrogen-bond donors (Lipinski definition) is 2. The Balaban J connectivity index is 1.38. The molecule has 5 rings (SSSR count). The van der Waals surface area contributed by atoms with Gasteiger partial charge in [-0.2, -0.15) is 5.26 Å². The summed E-state index contributed by atoms with van der Waals surface area (Å²) in [6.45, 7) is 5.78. The number of nitrogen functional groups attached to an aromatic ring is 1. The second-order valence-electron chi connectivity index (χ2n) is 9.53. The lowest BCUT2D eigenvalue weighted by atomic mass is 9.97. The largest absolute Gasteiger partial charge is 0.382 e. The van der Waals surface area contributed by atoms with Gasteiger partial charge in [0.05, 0.1) is 25.5 Å². The van der Waals surface area contributed by atoms with Gasteiger partial charge in [0, 0.05) is 50.5 Å². The fourth-order valence-electron chi connectivity index (χ4n) is 5.13. The van der Waals surface area contributed by atoms with E-state index in [0.717, 1.165) is 11.3 Å². The molecule has 4 N–H and O–H groups in total. The molecule has 2 aromatic heterocycles. The summed E-state index contributed by atoms with van der Waals surface area (Å²) >= 11 is 0. The molecule has 0 saturated carbocycles. The van der Waals surface area contributed by atoms with Gasteiger partial charge in [-0.3, -0.25) is 9.69 Å². The van der Waals surface area contributed by atoms with Crippen molar-refractivity contribution in [3.63, 3.8) is 0 Å². The number of piperazine rings is 1. The predicted molar refractivity (Wildman–Crippen MR) is 132 cm³/mol. The van der Waals surface area contributed by atoms with Crippen LogP contribution in [0.2, 0.25) is 0 Å². The van der Waals surface area contributed by atoms with Crippen molar-refractivity contribution in [2.75, 3.05) is 56.4 Å². The van der Waals surface area contributed by atoms with E-state index in [1.165, 1.54) is 12.4 Å². The average molecular weight is 493 g/mol. The molecule has 12 heteroatoms. The Morgan fingerprint density at radius 2 is 1.97 bits per heavy atom. The molecular formula is C24H29FN10O. The Hall–Kier alpha value is -3.82. The number of anilines is 2. The van der Waals surface area contributed by atoms with Crippen LogP contribution >= 0.6 is 0 Å². The molecule has 0 radical (unpaired) electrons. The van der Waals surface area contributed by atoms with Crippen molar-refractivity contribution in [2.45, 2.75) is 25.4 Å². The SMILES string of the molecule is Cc1c(F)ccc(N2CC[C@](N)(C(=O)N3CCN(CC#N)CC3)C2)c1Cn1cnc2c(N)ncnc21. The normalized spacial score (nSPS) is 20.7. The van der Waals surface area contributed by atoms with E-state index < -0.39 is 5.54 Å². The van der Waals surface area contributed by atoms with Gasteiger partial charge in [0.1, 0.15) is 23.2 Å². The van der Waals surface area contributed by atoms with Gasteiger partial charge < -0.3 is 25.8 Å². The second-order valence-corrected chi connectivity index (χ2v) is 9.53. The van der Waals surface area contributed by atoms with Crippen LogP contribution in [0.4, 0.5) is 15.9 Å². The van der Waals surface area contributed by atoms with Crippen LogP contribution in [0.25, 0.3) is 11.2 Å². The van der Waals surface area contributed by atoms with Crippen LogP contribution in [-0.4, -0.2) is 86.6 Å². The summed E-state index contributed by atoms with van der Waals surface area (Å²) in [5, 5.41) is 8.91. The Morgan fingerprint density at radius 1 is 1.19 bits per heavy atom. The minimum absolute atomic E-state index is 0.0743. The molecule has 0 spiro atoms. The highest BCUT2D eigenvalue weighted by Crippen LogP contribution is 2.33. The lowest BCUT2D eigenvalue weighted by Gasteiger charge is -2.37. The number of hydrogen-bond acceptors (Lipinski definition) is 9. The van der Waals surface area contributed by atoms with Crippen LogP contribution in [0.15, 0.2) is 24.8 Å². The number of nitrogens with two attached hydrogens (primary N) is 2. The first-order valence-corrected chi connectivity index (χ1v) is 11.9. The molecule has 0 unspecified atom stereocenters. The number of amides is 1. The zero-order valence-corrected chi connectivity index (χ0v) is 20.2. The molecule has 36 heavy (non-hydrogen) atoms. The van der Waals surface area contributed by atoms with Crippen molar-refractivity contribution in [3.8, 4) is 6.07 Å². The minimum atomic E-state index is -1.03. The molecule has 2 fully saturated rings. The first-order chi connectivity index (χ1) is 17.3. The number of rotatable bonds is 5. The third-order valence-electron chi connectivity index (χ3n) is 7.29. The highest BCUT2D eigenvalue weighted by molar-refractivity contribution is 5.88. The summed E-state index contributed by atoms with van der Waals surface area (Å²) in [7, 11) is 0. The van der Waals surface area contributed by atoms with E-state index in [2.05, 4.69) is 25.9 Å². The Kier molecular flexibility index (Phi) is 6.19. The smallest absolute Gasteiger partial charge is 0.244 e. The number of carbonyl (C=O) groups is 1. The number of halogens is 1. The highest BCUT2D eigenvalue weighted by atomic mass is 19.1. The number of nitrogens with zero attached hydrogens (tertiary/aromatic N) is 8. The van der Waals surface area contributed by atoms with E-state index in [4.69, 9.17) is 16.7 Å². The van der Waals surface area contributed by atoms with E-state index in [1.54, 1.807) is 24.2 Å². The molecule has 3 aromatic rings. The summed E-state index contributed by atoms with van der Waals surface area (Å²) in [6.07, 6.45) is 3.50. The van der Waals surface area contributed by atoms with E-state index >= 15 is 0 Å². The quantitative estimate of drug-likeness (QED) is 0.486. The molecule has 0 bridgehead atoms. The van der Waals surface area contributed by atoms with Gasteiger partial charge in [0.15, 0.2) is 11.5 Å². The predicted octanol–water partition coefficient (Wildman–Crippen LogP) is 0.480. The Bertz CT molecular complexity index is 1340. The molecule has 1 aromatic carbocycles. The topological polar surface area (TPSA) is 146 Å². The molecule has 4 heterocycles. The van der Waals surface area contributed by atoms with Crippen molar-refractivity contribution >= 4 is 28.6 Å². The van der Waals surface area contributed by atoms with E-state index in [0.29, 0.717) is 75.5 Å².